The average Bonchev–Trinajstić information content (AvgIpc) is 3.10. The molecule has 1 aliphatic rings. The van der Waals surface area contributed by atoms with Crippen LogP contribution in [-0.2, 0) is 11.8 Å². The quantitative estimate of drug-likeness (QED) is 0.776. The molecule has 0 saturated carbocycles. The summed E-state index contributed by atoms with van der Waals surface area (Å²) in [6, 6.07) is 7.03. The van der Waals surface area contributed by atoms with E-state index in [1.54, 1.807) is 17.9 Å². The number of piperazine rings is 1. The predicted octanol–water partition coefficient (Wildman–Crippen LogP) is 1.56. The number of carbonyl (C=O) groups is 1. The van der Waals surface area contributed by atoms with Gasteiger partial charge in [-0.3, -0.25) is 14.4 Å². The van der Waals surface area contributed by atoms with Crippen LogP contribution in [0.2, 0.25) is 5.02 Å². The summed E-state index contributed by atoms with van der Waals surface area (Å²) in [6.07, 6.45) is 3.62. The van der Waals surface area contributed by atoms with Gasteiger partial charge in [0.1, 0.15) is 18.4 Å². The molecule has 1 aliphatic heterocycles. The van der Waals surface area contributed by atoms with Crippen LogP contribution in [0, 0.1) is 0 Å². The second-order valence-corrected chi connectivity index (χ2v) is 7.07. The minimum absolute atomic E-state index is 0.0996. The van der Waals surface area contributed by atoms with Crippen LogP contribution in [0.3, 0.4) is 0 Å². The molecule has 1 atom stereocenters. The van der Waals surface area contributed by atoms with Gasteiger partial charge in [-0.25, -0.2) is 0 Å². The number of nitrogens with one attached hydrogen (secondary N) is 1. The number of aromatic nitrogens is 2. The Morgan fingerprint density at radius 2 is 1.96 bits per heavy atom. The molecular formula is C19H26ClN5O2. The highest BCUT2D eigenvalue weighted by atomic mass is 35.5. The van der Waals surface area contributed by atoms with Crippen LogP contribution in [0.1, 0.15) is 11.6 Å². The molecule has 0 bridgehead atoms. The molecule has 2 heterocycles. The van der Waals surface area contributed by atoms with Crippen molar-refractivity contribution in [2.24, 2.45) is 7.05 Å². The third-order valence-corrected chi connectivity index (χ3v) is 5.02. The summed E-state index contributed by atoms with van der Waals surface area (Å²) in [4.78, 5) is 17.1. The molecule has 8 heteroatoms. The SMILES string of the molecule is CNC(C(=O)N1CCN(CCOc2ccc(Cl)cc2)CC1)c1cnn(C)c1. The molecule has 1 N–H and O–H groups in total. The van der Waals surface area contributed by atoms with Gasteiger partial charge in [0, 0.05) is 56.6 Å². The number of hydrogen-bond acceptors (Lipinski definition) is 5. The van der Waals surface area contributed by atoms with Crippen molar-refractivity contribution in [3.8, 4) is 5.75 Å². The highest BCUT2D eigenvalue weighted by molar-refractivity contribution is 6.30. The Balaban J connectivity index is 1.43. The summed E-state index contributed by atoms with van der Waals surface area (Å²) in [5.41, 5.74) is 0.892. The lowest BCUT2D eigenvalue weighted by Crippen LogP contribution is -2.51. The van der Waals surface area contributed by atoms with Gasteiger partial charge in [-0.2, -0.15) is 5.10 Å². The van der Waals surface area contributed by atoms with Crippen molar-refractivity contribution in [1.82, 2.24) is 24.9 Å². The predicted molar refractivity (Wildman–Crippen MR) is 105 cm³/mol. The van der Waals surface area contributed by atoms with Gasteiger partial charge in [0.2, 0.25) is 5.91 Å². The number of ether oxygens (including phenoxy) is 1. The summed E-state index contributed by atoms with van der Waals surface area (Å²) in [7, 11) is 3.66. The molecule has 146 valence electrons. The van der Waals surface area contributed by atoms with Crippen LogP contribution >= 0.6 is 11.6 Å². The second kappa shape index (κ2) is 9.21. The van der Waals surface area contributed by atoms with E-state index in [1.807, 2.05) is 42.4 Å². The topological polar surface area (TPSA) is 62.6 Å². The minimum Gasteiger partial charge on any atom is -0.492 e. The number of carbonyl (C=O) groups excluding carboxylic acids is 1. The molecule has 0 aliphatic carbocycles. The lowest BCUT2D eigenvalue weighted by molar-refractivity contribution is -0.135. The largest absolute Gasteiger partial charge is 0.492 e. The molecular weight excluding hydrogens is 366 g/mol. The van der Waals surface area contributed by atoms with Gasteiger partial charge in [0.15, 0.2) is 0 Å². The summed E-state index contributed by atoms with van der Waals surface area (Å²) in [6.45, 7) is 4.59. The van der Waals surface area contributed by atoms with E-state index in [4.69, 9.17) is 16.3 Å². The van der Waals surface area contributed by atoms with Crippen molar-refractivity contribution in [3.05, 3.63) is 47.2 Å². The molecule has 1 unspecified atom stereocenters. The van der Waals surface area contributed by atoms with Gasteiger partial charge in [-0.1, -0.05) is 11.6 Å². The Morgan fingerprint density at radius 1 is 1.26 bits per heavy atom. The van der Waals surface area contributed by atoms with Gasteiger partial charge in [-0.05, 0) is 31.3 Å². The number of amides is 1. The molecule has 0 spiro atoms. The summed E-state index contributed by atoms with van der Waals surface area (Å²) in [5, 5.41) is 7.98. The van der Waals surface area contributed by atoms with Crippen molar-refractivity contribution in [1.29, 1.82) is 0 Å². The molecule has 1 fully saturated rings. The standard InChI is InChI=1S/C19H26ClN5O2/c1-21-18(15-13-22-23(2)14-15)19(26)25-9-7-24(8-10-25)11-12-27-17-5-3-16(20)4-6-17/h3-6,13-14,18,21H,7-12H2,1-2H3. The molecule has 0 radical (unpaired) electrons. The number of likely N-dealkylation sites (N-methyl/N-ethyl adjacent to an activating group) is 1. The molecule has 3 rings (SSSR count). The lowest BCUT2D eigenvalue weighted by Gasteiger charge is -2.36. The Morgan fingerprint density at radius 3 is 2.56 bits per heavy atom. The van der Waals surface area contributed by atoms with E-state index >= 15 is 0 Å². The van der Waals surface area contributed by atoms with Crippen molar-refractivity contribution in [2.75, 3.05) is 46.4 Å². The number of rotatable bonds is 7. The maximum atomic E-state index is 12.8. The van der Waals surface area contributed by atoms with E-state index in [0.717, 1.165) is 44.0 Å². The van der Waals surface area contributed by atoms with Crippen molar-refractivity contribution in [2.45, 2.75) is 6.04 Å². The van der Waals surface area contributed by atoms with Crippen LogP contribution in [0.15, 0.2) is 36.7 Å². The molecule has 1 saturated heterocycles. The van der Waals surface area contributed by atoms with E-state index < -0.39 is 0 Å². The van der Waals surface area contributed by atoms with Gasteiger partial charge < -0.3 is 15.0 Å². The third-order valence-electron chi connectivity index (χ3n) is 4.77. The van der Waals surface area contributed by atoms with Crippen LogP contribution in [0.25, 0.3) is 0 Å². The number of aryl methyl sites for hydroxylation is 1. The van der Waals surface area contributed by atoms with Crippen molar-refractivity contribution < 1.29 is 9.53 Å². The van der Waals surface area contributed by atoms with Crippen molar-refractivity contribution >= 4 is 17.5 Å². The highest BCUT2D eigenvalue weighted by Gasteiger charge is 2.28. The van der Waals surface area contributed by atoms with E-state index in [2.05, 4.69) is 15.3 Å². The monoisotopic (exact) mass is 391 g/mol. The molecule has 27 heavy (non-hydrogen) atoms. The fourth-order valence-corrected chi connectivity index (χ4v) is 3.35. The first-order valence-electron chi connectivity index (χ1n) is 9.12. The van der Waals surface area contributed by atoms with Crippen LogP contribution in [0.4, 0.5) is 0 Å². The van der Waals surface area contributed by atoms with E-state index in [0.29, 0.717) is 11.6 Å². The molecule has 1 amide bonds. The fraction of sp³-hybridized carbons (Fsp3) is 0.474. The van der Waals surface area contributed by atoms with E-state index in [1.165, 1.54) is 0 Å². The lowest BCUT2D eigenvalue weighted by atomic mass is 10.1. The number of halogens is 1. The maximum absolute atomic E-state index is 12.8. The van der Waals surface area contributed by atoms with Crippen LogP contribution < -0.4 is 10.1 Å². The zero-order valence-electron chi connectivity index (χ0n) is 15.8. The Labute approximate surface area is 164 Å². The van der Waals surface area contributed by atoms with Gasteiger partial charge in [-0.15, -0.1) is 0 Å². The summed E-state index contributed by atoms with van der Waals surface area (Å²) in [5.74, 6) is 0.920. The molecule has 7 nitrogen and oxygen atoms in total. The van der Waals surface area contributed by atoms with Gasteiger partial charge in [0.25, 0.3) is 0 Å². The number of nitrogens with zero attached hydrogens (tertiary/aromatic N) is 4. The Bertz CT molecular complexity index is 741. The molecule has 1 aromatic heterocycles. The third kappa shape index (κ3) is 5.22. The second-order valence-electron chi connectivity index (χ2n) is 6.64. The van der Waals surface area contributed by atoms with E-state index in [9.17, 15) is 4.79 Å². The Kier molecular flexibility index (Phi) is 6.71. The highest BCUT2D eigenvalue weighted by Crippen LogP contribution is 2.17. The minimum atomic E-state index is -0.349. The van der Waals surface area contributed by atoms with Crippen LogP contribution in [0.5, 0.6) is 5.75 Å². The summed E-state index contributed by atoms with van der Waals surface area (Å²) >= 11 is 5.87. The molecule has 1 aromatic carbocycles. The first-order chi connectivity index (χ1) is 13.1. The first kappa shape index (κ1) is 19.7. The van der Waals surface area contributed by atoms with Crippen LogP contribution in [-0.4, -0.2) is 71.9 Å². The smallest absolute Gasteiger partial charge is 0.244 e. The van der Waals surface area contributed by atoms with Gasteiger partial charge >= 0.3 is 0 Å². The summed E-state index contributed by atoms with van der Waals surface area (Å²) < 4.78 is 7.47. The maximum Gasteiger partial charge on any atom is 0.244 e. The average molecular weight is 392 g/mol. The zero-order chi connectivity index (χ0) is 19.2. The van der Waals surface area contributed by atoms with Gasteiger partial charge in [0.05, 0.1) is 6.20 Å². The molecule has 2 aromatic rings. The first-order valence-corrected chi connectivity index (χ1v) is 9.50. The van der Waals surface area contributed by atoms with E-state index in [-0.39, 0.29) is 11.9 Å². The number of hydrogen-bond donors (Lipinski definition) is 1. The van der Waals surface area contributed by atoms with Crippen molar-refractivity contribution in [3.63, 3.8) is 0 Å². The number of benzene rings is 1. The fourth-order valence-electron chi connectivity index (χ4n) is 3.22. The zero-order valence-corrected chi connectivity index (χ0v) is 16.5. The Hall–Kier alpha value is -2.09. The normalized spacial score (nSPS) is 16.3.